The van der Waals surface area contributed by atoms with Gasteiger partial charge in [0.25, 0.3) is 0 Å². The Morgan fingerprint density at radius 1 is 1.54 bits per heavy atom. The Labute approximate surface area is 87.7 Å². The summed E-state index contributed by atoms with van der Waals surface area (Å²) in [4.78, 5) is 4.10. The number of hydrogen-bond donors (Lipinski definition) is 1. The molecule has 0 aromatic carbocycles. The molecule has 13 heavy (non-hydrogen) atoms. The maximum Gasteiger partial charge on any atom is 0.0410 e. The maximum absolute atomic E-state index is 6.06. The third kappa shape index (κ3) is 3.44. The highest BCUT2D eigenvalue weighted by molar-refractivity contribution is 9.10. The fourth-order valence-corrected chi connectivity index (χ4v) is 1.56. The van der Waals surface area contributed by atoms with Crippen molar-refractivity contribution in [3.63, 3.8) is 0 Å². The van der Waals surface area contributed by atoms with Crippen LogP contribution in [0.4, 0.5) is 0 Å². The van der Waals surface area contributed by atoms with E-state index in [1.807, 2.05) is 6.20 Å². The lowest BCUT2D eigenvalue weighted by molar-refractivity contribution is 0.449. The summed E-state index contributed by atoms with van der Waals surface area (Å²) in [6.07, 6.45) is 5.49. The standard InChI is InChI=1S/C10H15BrN2/c1-3-10(2,12)5-8-4-9(11)7-13-6-8/h4,6-7H,3,5,12H2,1-2H3. The lowest BCUT2D eigenvalue weighted by Crippen LogP contribution is -2.37. The molecule has 3 heteroatoms. The van der Waals surface area contributed by atoms with Gasteiger partial charge >= 0.3 is 0 Å². The minimum Gasteiger partial charge on any atom is -0.325 e. The summed E-state index contributed by atoms with van der Waals surface area (Å²) in [5.41, 5.74) is 7.11. The second kappa shape index (κ2) is 4.20. The highest BCUT2D eigenvalue weighted by Gasteiger charge is 2.16. The lowest BCUT2D eigenvalue weighted by Gasteiger charge is -2.22. The van der Waals surface area contributed by atoms with Crippen LogP contribution < -0.4 is 5.73 Å². The Bertz CT molecular complexity index is 284. The van der Waals surface area contributed by atoms with Gasteiger partial charge in [-0.3, -0.25) is 4.98 Å². The summed E-state index contributed by atoms with van der Waals surface area (Å²) in [5.74, 6) is 0. The van der Waals surface area contributed by atoms with Crippen molar-refractivity contribution in [2.45, 2.75) is 32.2 Å². The number of pyridine rings is 1. The van der Waals surface area contributed by atoms with Gasteiger partial charge in [0, 0.05) is 22.4 Å². The summed E-state index contributed by atoms with van der Waals surface area (Å²) in [6, 6.07) is 2.06. The van der Waals surface area contributed by atoms with Crippen LogP contribution in [0.2, 0.25) is 0 Å². The van der Waals surface area contributed by atoms with Crippen LogP contribution in [0.3, 0.4) is 0 Å². The first kappa shape index (κ1) is 10.7. The van der Waals surface area contributed by atoms with Crippen molar-refractivity contribution in [3.8, 4) is 0 Å². The molecular weight excluding hydrogens is 228 g/mol. The zero-order valence-corrected chi connectivity index (χ0v) is 9.63. The summed E-state index contributed by atoms with van der Waals surface area (Å²) >= 11 is 3.39. The lowest BCUT2D eigenvalue weighted by atomic mass is 9.92. The molecule has 0 saturated carbocycles. The van der Waals surface area contributed by atoms with Gasteiger partial charge < -0.3 is 5.73 Å². The molecule has 72 valence electrons. The summed E-state index contributed by atoms with van der Waals surface area (Å²) in [6.45, 7) is 4.17. The van der Waals surface area contributed by atoms with E-state index in [1.165, 1.54) is 5.56 Å². The first-order chi connectivity index (χ1) is 6.03. The van der Waals surface area contributed by atoms with Crippen molar-refractivity contribution in [1.29, 1.82) is 0 Å². The van der Waals surface area contributed by atoms with Crippen LogP contribution in [-0.4, -0.2) is 10.5 Å². The van der Waals surface area contributed by atoms with E-state index in [0.29, 0.717) is 0 Å². The van der Waals surface area contributed by atoms with Gasteiger partial charge in [-0.15, -0.1) is 0 Å². The van der Waals surface area contributed by atoms with Crippen LogP contribution in [-0.2, 0) is 6.42 Å². The summed E-state index contributed by atoms with van der Waals surface area (Å²) in [5, 5.41) is 0. The van der Waals surface area contributed by atoms with Gasteiger partial charge in [0.1, 0.15) is 0 Å². The Morgan fingerprint density at radius 2 is 2.23 bits per heavy atom. The van der Waals surface area contributed by atoms with E-state index in [0.717, 1.165) is 17.3 Å². The predicted octanol–water partition coefficient (Wildman–Crippen LogP) is 2.51. The quantitative estimate of drug-likeness (QED) is 0.885. The monoisotopic (exact) mass is 242 g/mol. The van der Waals surface area contributed by atoms with Gasteiger partial charge in [0.2, 0.25) is 0 Å². The van der Waals surface area contributed by atoms with E-state index in [2.05, 4.69) is 40.8 Å². The van der Waals surface area contributed by atoms with E-state index in [4.69, 9.17) is 5.73 Å². The average Bonchev–Trinajstić information content (AvgIpc) is 2.03. The third-order valence-electron chi connectivity index (χ3n) is 2.18. The van der Waals surface area contributed by atoms with E-state index in [9.17, 15) is 0 Å². The number of nitrogens with two attached hydrogens (primary N) is 1. The van der Waals surface area contributed by atoms with Gasteiger partial charge in [-0.25, -0.2) is 0 Å². The van der Waals surface area contributed by atoms with Crippen LogP contribution in [0, 0.1) is 0 Å². The van der Waals surface area contributed by atoms with Gasteiger partial charge in [-0.2, -0.15) is 0 Å². The fourth-order valence-electron chi connectivity index (χ4n) is 1.14. The molecule has 1 aromatic rings. The highest BCUT2D eigenvalue weighted by Crippen LogP contribution is 2.16. The molecule has 0 amide bonds. The second-order valence-electron chi connectivity index (χ2n) is 3.70. The molecule has 0 saturated heterocycles. The number of hydrogen-bond acceptors (Lipinski definition) is 2. The zero-order chi connectivity index (χ0) is 9.90. The minimum atomic E-state index is -0.123. The van der Waals surface area contributed by atoms with Gasteiger partial charge in [-0.05, 0) is 47.3 Å². The van der Waals surface area contributed by atoms with Crippen molar-refractivity contribution in [1.82, 2.24) is 4.98 Å². The molecule has 1 rings (SSSR count). The van der Waals surface area contributed by atoms with Gasteiger partial charge in [0.15, 0.2) is 0 Å². The van der Waals surface area contributed by atoms with E-state index in [-0.39, 0.29) is 5.54 Å². The highest BCUT2D eigenvalue weighted by atomic mass is 79.9. The molecule has 1 atom stereocenters. The smallest absolute Gasteiger partial charge is 0.0410 e. The number of halogens is 1. The molecule has 2 nitrogen and oxygen atoms in total. The van der Waals surface area contributed by atoms with Crippen molar-refractivity contribution < 1.29 is 0 Å². The molecule has 2 N–H and O–H groups in total. The molecule has 0 aliphatic heterocycles. The molecular formula is C10H15BrN2. The normalized spacial score (nSPS) is 15.4. The molecule has 0 radical (unpaired) electrons. The largest absolute Gasteiger partial charge is 0.325 e. The van der Waals surface area contributed by atoms with Crippen LogP contribution >= 0.6 is 15.9 Å². The van der Waals surface area contributed by atoms with Crippen molar-refractivity contribution >= 4 is 15.9 Å². The zero-order valence-electron chi connectivity index (χ0n) is 8.05. The average molecular weight is 243 g/mol. The maximum atomic E-state index is 6.06. The Kier molecular flexibility index (Phi) is 3.45. The van der Waals surface area contributed by atoms with Crippen LogP contribution in [0.5, 0.6) is 0 Å². The molecule has 0 aliphatic rings. The SMILES string of the molecule is CCC(C)(N)Cc1cncc(Br)c1. The minimum absolute atomic E-state index is 0.123. The summed E-state index contributed by atoms with van der Waals surface area (Å²) < 4.78 is 1.01. The van der Waals surface area contributed by atoms with E-state index in [1.54, 1.807) is 6.20 Å². The first-order valence-electron chi connectivity index (χ1n) is 4.42. The first-order valence-corrected chi connectivity index (χ1v) is 5.21. The van der Waals surface area contributed by atoms with Crippen LogP contribution in [0.1, 0.15) is 25.8 Å². The Hall–Kier alpha value is -0.410. The van der Waals surface area contributed by atoms with Crippen LogP contribution in [0.25, 0.3) is 0 Å². The van der Waals surface area contributed by atoms with Crippen molar-refractivity contribution in [2.24, 2.45) is 5.73 Å². The molecule has 1 aromatic heterocycles. The topological polar surface area (TPSA) is 38.9 Å². The molecule has 0 spiro atoms. The third-order valence-corrected chi connectivity index (χ3v) is 2.61. The molecule has 1 heterocycles. The van der Waals surface area contributed by atoms with Crippen molar-refractivity contribution in [2.75, 3.05) is 0 Å². The van der Waals surface area contributed by atoms with E-state index >= 15 is 0 Å². The van der Waals surface area contributed by atoms with Crippen molar-refractivity contribution in [3.05, 3.63) is 28.5 Å². The second-order valence-corrected chi connectivity index (χ2v) is 4.61. The predicted molar refractivity (Wildman–Crippen MR) is 58.5 cm³/mol. The Balaban J connectivity index is 2.74. The number of nitrogens with zero attached hydrogens (tertiary/aromatic N) is 1. The van der Waals surface area contributed by atoms with E-state index < -0.39 is 0 Å². The summed E-state index contributed by atoms with van der Waals surface area (Å²) in [7, 11) is 0. The molecule has 1 unspecified atom stereocenters. The molecule has 0 bridgehead atoms. The molecule has 0 fully saturated rings. The van der Waals surface area contributed by atoms with Crippen LogP contribution in [0.15, 0.2) is 22.9 Å². The van der Waals surface area contributed by atoms with Gasteiger partial charge in [-0.1, -0.05) is 6.92 Å². The number of aromatic nitrogens is 1. The number of rotatable bonds is 3. The fraction of sp³-hybridized carbons (Fsp3) is 0.500. The van der Waals surface area contributed by atoms with Gasteiger partial charge in [0.05, 0.1) is 0 Å². The molecule has 0 aliphatic carbocycles. The Morgan fingerprint density at radius 3 is 2.77 bits per heavy atom.